The van der Waals surface area contributed by atoms with E-state index in [0.29, 0.717) is 22.7 Å². The summed E-state index contributed by atoms with van der Waals surface area (Å²) in [6.45, 7) is 0.194. The summed E-state index contributed by atoms with van der Waals surface area (Å²) in [4.78, 5) is 32.6. The monoisotopic (exact) mass is 527 g/mol. The zero-order valence-corrected chi connectivity index (χ0v) is 21.8. The van der Waals surface area contributed by atoms with Crippen LogP contribution in [0, 0.1) is 0 Å². The van der Waals surface area contributed by atoms with Gasteiger partial charge in [0.1, 0.15) is 12.4 Å². The van der Waals surface area contributed by atoms with Crippen molar-refractivity contribution >= 4 is 28.9 Å². The Kier molecular flexibility index (Phi) is 8.65. The number of nitrogens with one attached hydrogen (secondary N) is 1. The molecule has 0 saturated carbocycles. The molecule has 0 unspecified atom stereocenters. The van der Waals surface area contributed by atoms with Crippen molar-refractivity contribution in [1.82, 2.24) is 0 Å². The number of carbonyl (C=O) groups is 2. The molecule has 4 aromatic carbocycles. The number of nitrogens with two attached hydrogens (primary N) is 1. The maximum Gasteiger partial charge on any atom is 0.282 e. The normalized spacial score (nSPS) is 10.4. The van der Waals surface area contributed by atoms with E-state index >= 15 is 0 Å². The highest BCUT2D eigenvalue weighted by Gasteiger charge is 2.22. The van der Waals surface area contributed by atoms with Gasteiger partial charge in [-0.2, -0.15) is 5.06 Å². The molecule has 9 nitrogen and oxygen atoms in total. The zero-order valence-electron chi connectivity index (χ0n) is 21.8. The Bertz CT molecular complexity index is 1440. The van der Waals surface area contributed by atoms with E-state index in [1.165, 1.54) is 38.5 Å². The third-order valence-electron chi connectivity index (χ3n) is 5.90. The fraction of sp³-hybridized carbons (Fsp3) is 0.133. The van der Waals surface area contributed by atoms with E-state index in [0.717, 1.165) is 5.56 Å². The number of methoxy groups -OCH3 is 3. The van der Waals surface area contributed by atoms with Gasteiger partial charge in [0.05, 0.1) is 44.0 Å². The summed E-state index contributed by atoms with van der Waals surface area (Å²) in [5.74, 6) is 0.0590. The summed E-state index contributed by atoms with van der Waals surface area (Å²) in [6, 6.07) is 26.4. The van der Waals surface area contributed by atoms with Crippen molar-refractivity contribution in [1.29, 1.82) is 0 Å². The summed E-state index contributed by atoms with van der Waals surface area (Å²) >= 11 is 0. The van der Waals surface area contributed by atoms with Crippen molar-refractivity contribution < 1.29 is 28.6 Å². The van der Waals surface area contributed by atoms with Crippen molar-refractivity contribution in [3.05, 3.63) is 108 Å². The summed E-state index contributed by atoms with van der Waals surface area (Å²) < 4.78 is 16.0. The van der Waals surface area contributed by atoms with Crippen LogP contribution in [0.1, 0.15) is 26.3 Å². The molecule has 39 heavy (non-hydrogen) atoms. The molecule has 0 spiro atoms. The van der Waals surface area contributed by atoms with E-state index < -0.39 is 11.8 Å². The molecule has 200 valence electrons. The first-order valence-electron chi connectivity index (χ1n) is 12.0. The number of ether oxygens (including phenoxy) is 3. The highest BCUT2D eigenvalue weighted by Crippen LogP contribution is 2.36. The van der Waals surface area contributed by atoms with Gasteiger partial charge in [-0.25, -0.2) is 0 Å². The average molecular weight is 528 g/mol. The second-order valence-corrected chi connectivity index (χ2v) is 8.33. The second-order valence-electron chi connectivity index (χ2n) is 8.33. The van der Waals surface area contributed by atoms with Gasteiger partial charge in [-0.1, -0.05) is 48.5 Å². The number of rotatable bonds is 10. The predicted octanol–water partition coefficient (Wildman–Crippen LogP) is 5.33. The van der Waals surface area contributed by atoms with Gasteiger partial charge in [0, 0.05) is 5.56 Å². The van der Waals surface area contributed by atoms with Crippen LogP contribution in [0.2, 0.25) is 0 Å². The van der Waals surface area contributed by atoms with Crippen LogP contribution in [-0.2, 0) is 11.4 Å². The largest absolute Gasteiger partial charge is 0.495 e. The van der Waals surface area contributed by atoms with Gasteiger partial charge < -0.3 is 25.3 Å². The van der Waals surface area contributed by atoms with Crippen LogP contribution in [0.25, 0.3) is 0 Å². The van der Waals surface area contributed by atoms with Crippen LogP contribution in [0.15, 0.2) is 91.0 Å². The molecule has 4 rings (SSSR count). The van der Waals surface area contributed by atoms with Crippen LogP contribution in [0.5, 0.6) is 17.2 Å². The van der Waals surface area contributed by atoms with E-state index in [-0.39, 0.29) is 29.4 Å². The summed E-state index contributed by atoms with van der Waals surface area (Å²) in [6.07, 6.45) is 0. The Labute approximate surface area is 226 Å². The molecule has 0 aliphatic heterocycles. The lowest BCUT2D eigenvalue weighted by atomic mass is 10.1. The van der Waals surface area contributed by atoms with Crippen molar-refractivity contribution in [3.8, 4) is 17.2 Å². The molecule has 9 heteroatoms. The topological polar surface area (TPSA) is 112 Å². The summed E-state index contributed by atoms with van der Waals surface area (Å²) in [5.41, 5.74) is 8.62. The Morgan fingerprint density at radius 1 is 0.795 bits per heavy atom. The Morgan fingerprint density at radius 3 is 2.10 bits per heavy atom. The van der Waals surface area contributed by atoms with Gasteiger partial charge in [-0.05, 0) is 48.0 Å². The number of nitrogens with zero attached hydrogens (tertiary/aromatic N) is 1. The van der Waals surface area contributed by atoms with Crippen LogP contribution in [-0.4, -0.2) is 33.1 Å². The molecule has 0 saturated heterocycles. The van der Waals surface area contributed by atoms with E-state index in [4.69, 9.17) is 24.8 Å². The number of carbonyl (C=O) groups excluding carboxylic acids is 2. The number of benzene rings is 4. The van der Waals surface area contributed by atoms with Gasteiger partial charge in [0.15, 0.2) is 11.5 Å². The molecule has 0 radical (unpaired) electrons. The first-order chi connectivity index (χ1) is 19.0. The van der Waals surface area contributed by atoms with Crippen LogP contribution in [0.4, 0.5) is 17.1 Å². The fourth-order valence-corrected chi connectivity index (χ4v) is 3.91. The molecule has 0 heterocycles. The molecule has 0 aromatic heterocycles. The molecule has 0 bridgehead atoms. The third kappa shape index (κ3) is 6.11. The molecule has 4 aromatic rings. The molecular weight excluding hydrogens is 498 g/mol. The van der Waals surface area contributed by atoms with Crippen LogP contribution >= 0.6 is 0 Å². The number of para-hydroxylation sites is 1. The molecule has 0 aliphatic rings. The average Bonchev–Trinajstić information content (AvgIpc) is 2.98. The second kappa shape index (κ2) is 12.5. The molecule has 0 aliphatic carbocycles. The number of hydroxylamine groups is 1. The first-order valence-corrected chi connectivity index (χ1v) is 12.0. The Balaban J connectivity index is 1.59. The fourth-order valence-electron chi connectivity index (χ4n) is 3.91. The third-order valence-corrected chi connectivity index (χ3v) is 5.90. The highest BCUT2D eigenvalue weighted by atomic mass is 16.7. The van der Waals surface area contributed by atoms with E-state index in [9.17, 15) is 9.59 Å². The number of nitrogen functional groups attached to an aromatic ring is 1. The van der Waals surface area contributed by atoms with Gasteiger partial charge in [-0.3, -0.25) is 14.4 Å². The van der Waals surface area contributed by atoms with Crippen molar-refractivity contribution in [2.24, 2.45) is 0 Å². The number of amides is 2. The minimum absolute atomic E-state index is 0.134. The van der Waals surface area contributed by atoms with Gasteiger partial charge in [0.2, 0.25) is 0 Å². The maximum absolute atomic E-state index is 13.6. The smallest absolute Gasteiger partial charge is 0.282 e. The lowest BCUT2D eigenvalue weighted by molar-refractivity contribution is 0.0599. The summed E-state index contributed by atoms with van der Waals surface area (Å²) in [5, 5.41) is 4.03. The molecule has 0 fully saturated rings. The summed E-state index contributed by atoms with van der Waals surface area (Å²) in [7, 11) is 4.37. The van der Waals surface area contributed by atoms with Crippen LogP contribution < -0.4 is 30.3 Å². The van der Waals surface area contributed by atoms with E-state index in [2.05, 4.69) is 5.32 Å². The minimum atomic E-state index is -0.483. The maximum atomic E-state index is 13.6. The lowest BCUT2D eigenvalue weighted by Gasteiger charge is -2.22. The van der Waals surface area contributed by atoms with Gasteiger partial charge in [-0.15, -0.1) is 0 Å². The quantitative estimate of drug-likeness (QED) is 0.212. The highest BCUT2D eigenvalue weighted by molar-refractivity contribution is 6.10. The van der Waals surface area contributed by atoms with Crippen molar-refractivity contribution in [2.75, 3.05) is 37.4 Å². The standard InChI is InChI=1S/C30H29N3O6/c1-36-25-17-15-23(27(31)28(25)38-3)29(34)32-24-16-14-21(18-26(24)37-2)30(35)33(22-12-8-5-9-13-22)39-19-20-10-6-4-7-11-20/h4-18H,19,31H2,1-3H3,(H,32,34). The van der Waals surface area contributed by atoms with Crippen molar-refractivity contribution in [3.63, 3.8) is 0 Å². The Morgan fingerprint density at radius 2 is 1.46 bits per heavy atom. The SMILES string of the molecule is COc1cc(C(=O)N(OCc2ccccc2)c2ccccc2)ccc1NC(=O)c1ccc(OC)c(OC)c1N. The number of hydrogen-bond acceptors (Lipinski definition) is 7. The van der Waals surface area contributed by atoms with Crippen LogP contribution in [0.3, 0.4) is 0 Å². The minimum Gasteiger partial charge on any atom is -0.495 e. The van der Waals surface area contributed by atoms with E-state index in [1.807, 2.05) is 48.5 Å². The van der Waals surface area contributed by atoms with E-state index in [1.54, 1.807) is 30.3 Å². The predicted molar refractivity (Wildman–Crippen MR) is 149 cm³/mol. The van der Waals surface area contributed by atoms with Crippen molar-refractivity contribution in [2.45, 2.75) is 6.61 Å². The van der Waals surface area contributed by atoms with Gasteiger partial charge >= 0.3 is 0 Å². The van der Waals surface area contributed by atoms with Gasteiger partial charge in [0.25, 0.3) is 11.8 Å². The molecule has 3 N–H and O–H groups in total. The molecular formula is C30H29N3O6. The first kappa shape index (κ1) is 27.0. The molecule has 2 amide bonds. The zero-order chi connectivity index (χ0) is 27.8. The Hall–Kier alpha value is -5.02. The number of hydrogen-bond donors (Lipinski definition) is 2. The number of anilines is 3. The lowest BCUT2D eigenvalue weighted by Crippen LogP contribution is -2.31. The molecule has 0 atom stereocenters.